The Morgan fingerprint density at radius 1 is 1.05 bits per heavy atom. The number of likely N-dealkylation sites (tertiary alicyclic amines) is 1. The lowest BCUT2D eigenvalue weighted by atomic mass is 10.0. The van der Waals surface area contributed by atoms with Crippen LogP contribution in [0.15, 0.2) is 42.5 Å². The minimum Gasteiger partial charge on any atom is -0.340 e. The molecule has 0 aliphatic carbocycles. The second-order valence-electron chi connectivity index (χ2n) is 6.42. The van der Waals surface area contributed by atoms with Crippen LogP contribution in [0, 0.1) is 11.8 Å². The van der Waals surface area contributed by atoms with Gasteiger partial charge in [0.1, 0.15) is 5.69 Å². The maximum Gasteiger partial charge on any atom is 0.270 e. The molecule has 3 heterocycles. The number of amides is 1. The van der Waals surface area contributed by atoms with Crippen molar-refractivity contribution in [3.63, 3.8) is 0 Å². The zero-order valence-corrected chi connectivity index (χ0v) is 12.8. The monoisotopic (exact) mass is 295 g/mol. The molecule has 2 fully saturated rings. The number of fused-ring (bicyclic) bond motifs is 1. The van der Waals surface area contributed by atoms with Crippen molar-refractivity contribution >= 4 is 5.91 Å². The average Bonchev–Trinajstić information content (AvgIpc) is 3.21. The maximum absolute atomic E-state index is 12.8. The minimum absolute atomic E-state index is 0.166. The quantitative estimate of drug-likeness (QED) is 0.920. The lowest BCUT2D eigenvalue weighted by Crippen LogP contribution is -2.33. The molecule has 0 unspecified atom stereocenters. The van der Waals surface area contributed by atoms with Crippen molar-refractivity contribution in [2.75, 3.05) is 26.2 Å². The van der Waals surface area contributed by atoms with Gasteiger partial charge in [0.25, 0.3) is 5.91 Å². The van der Waals surface area contributed by atoms with Crippen LogP contribution < -0.4 is 5.32 Å². The molecule has 22 heavy (non-hydrogen) atoms. The molecule has 4 nitrogen and oxygen atoms in total. The van der Waals surface area contributed by atoms with Crippen LogP contribution in [0.1, 0.15) is 10.5 Å². The summed E-state index contributed by atoms with van der Waals surface area (Å²) in [7, 11) is 1.98. The Balaban J connectivity index is 1.58. The van der Waals surface area contributed by atoms with Crippen molar-refractivity contribution in [2.24, 2.45) is 18.9 Å². The number of carbonyl (C=O) groups is 1. The van der Waals surface area contributed by atoms with Gasteiger partial charge in [-0.05, 0) is 29.5 Å². The minimum atomic E-state index is 0.166. The Labute approximate surface area is 130 Å². The zero-order chi connectivity index (χ0) is 15.1. The molecular formula is C18H21N3O. The summed E-state index contributed by atoms with van der Waals surface area (Å²) in [6.07, 6.45) is 0. The number of carbonyl (C=O) groups excluding carboxylic acids is 1. The van der Waals surface area contributed by atoms with E-state index in [0.717, 1.165) is 43.1 Å². The van der Waals surface area contributed by atoms with Gasteiger partial charge in [0.2, 0.25) is 0 Å². The molecule has 114 valence electrons. The van der Waals surface area contributed by atoms with Gasteiger partial charge in [-0.2, -0.15) is 0 Å². The summed E-state index contributed by atoms with van der Waals surface area (Å²) in [6, 6.07) is 14.2. The van der Waals surface area contributed by atoms with E-state index in [2.05, 4.69) is 17.4 Å². The highest BCUT2D eigenvalue weighted by Gasteiger charge is 2.38. The first-order valence-corrected chi connectivity index (χ1v) is 7.95. The normalized spacial score (nSPS) is 23.8. The lowest BCUT2D eigenvalue weighted by molar-refractivity contribution is 0.0772. The fourth-order valence-electron chi connectivity index (χ4n) is 3.81. The molecule has 0 radical (unpaired) electrons. The van der Waals surface area contributed by atoms with Crippen molar-refractivity contribution in [2.45, 2.75) is 0 Å². The van der Waals surface area contributed by atoms with Gasteiger partial charge in [-0.1, -0.05) is 30.3 Å². The molecule has 4 rings (SSSR count). The van der Waals surface area contributed by atoms with Gasteiger partial charge < -0.3 is 14.8 Å². The Hall–Kier alpha value is -2.07. The van der Waals surface area contributed by atoms with E-state index in [0.29, 0.717) is 11.8 Å². The number of rotatable bonds is 2. The smallest absolute Gasteiger partial charge is 0.270 e. The summed E-state index contributed by atoms with van der Waals surface area (Å²) >= 11 is 0. The molecule has 1 aromatic heterocycles. The molecule has 2 aliphatic heterocycles. The van der Waals surface area contributed by atoms with Crippen molar-refractivity contribution < 1.29 is 4.79 Å². The van der Waals surface area contributed by atoms with Crippen LogP contribution in [0.4, 0.5) is 0 Å². The second kappa shape index (κ2) is 5.29. The van der Waals surface area contributed by atoms with Crippen molar-refractivity contribution in [3.8, 4) is 11.3 Å². The molecule has 1 aromatic carbocycles. The fourth-order valence-corrected chi connectivity index (χ4v) is 3.81. The predicted octanol–water partition coefficient (Wildman–Crippen LogP) is 1.98. The molecule has 0 saturated carbocycles. The first-order valence-electron chi connectivity index (χ1n) is 7.95. The first kappa shape index (κ1) is 13.6. The Bertz CT molecular complexity index is 680. The van der Waals surface area contributed by atoms with Crippen molar-refractivity contribution in [1.29, 1.82) is 0 Å². The van der Waals surface area contributed by atoms with Gasteiger partial charge in [0.15, 0.2) is 0 Å². The van der Waals surface area contributed by atoms with E-state index < -0.39 is 0 Å². The van der Waals surface area contributed by atoms with Gasteiger partial charge in [-0.3, -0.25) is 4.79 Å². The standard InChI is InChI=1S/C18H21N3O/c1-20-16(13-5-3-2-4-6-13)7-8-17(20)18(22)21-11-14-9-19-10-15(14)12-21/h2-8,14-15,19H,9-12H2,1H3/t14-,15+. The van der Waals surface area contributed by atoms with Crippen LogP contribution in [0.3, 0.4) is 0 Å². The van der Waals surface area contributed by atoms with Crippen LogP contribution in [-0.4, -0.2) is 41.6 Å². The molecule has 2 aliphatic rings. The van der Waals surface area contributed by atoms with Gasteiger partial charge in [0, 0.05) is 38.9 Å². The first-order chi connectivity index (χ1) is 10.7. The average molecular weight is 295 g/mol. The summed E-state index contributed by atoms with van der Waals surface area (Å²) in [4.78, 5) is 14.9. The van der Waals surface area contributed by atoms with Crippen LogP contribution in [0.5, 0.6) is 0 Å². The molecule has 0 spiro atoms. The predicted molar refractivity (Wildman–Crippen MR) is 86.6 cm³/mol. The van der Waals surface area contributed by atoms with E-state index in [-0.39, 0.29) is 5.91 Å². The van der Waals surface area contributed by atoms with Crippen molar-refractivity contribution in [1.82, 2.24) is 14.8 Å². The topological polar surface area (TPSA) is 37.3 Å². The number of benzene rings is 1. The van der Waals surface area contributed by atoms with E-state index in [1.165, 1.54) is 0 Å². The third-order valence-electron chi connectivity index (χ3n) is 5.09. The summed E-state index contributed by atoms with van der Waals surface area (Å²) in [6.45, 7) is 3.89. The maximum atomic E-state index is 12.8. The largest absolute Gasteiger partial charge is 0.340 e. The second-order valence-corrected chi connectivity index (χ2v) is 6.42. The highest BCUT2D eigenvalue weighted by Crippen LogP contribution is 2.28. The summed E-state index contributed by atoms with van der Waals surface area (Å²) in [5.74, 6) is 1.44. The summed E-state index contributed by atoms with van der Waals surface area (Å²) in [5.41, 5.74) is 3.02. The molecule has 2 saturated heterocycles. The van der Waals surface area contributed by atoms with E-state index >= 15 is 0 Å². The number of nitrogens with one attached hydrogen (secondary N) is 1. The van der Waals surface area contributed by atoms with E-state index in [9.17, 15) is 4.79 Å². The number of hydrogen-bond donors (Lipinski definition) is 1. The number of nitrogens with zero attached hydrogens (tertiary/aromatic N) is 2. The highest BCUT2D eigenvalue weighted by atomic mass is 16.2. The Kier molecular flexibility index (Phi) is 3.26. The van der Waals surface area contributed by atoms with Crippen LogP contribution in [-0.2, 0) is 7.05 Å². The van der Waals surface area contributed by atoms with Crippen LogP contribution >= 0.6 is 0 Å². The lowest BCUT2D eigenvalue weighted by Gasteiger charge is -2.18. The molecular weight excluding hydrogens is 274 g/mol. The van der Waals surface area contributed by atoms with Crippen LogP contribution in [0.25, 0.3) is 11.3 Å². The fraction of sp³-hybridized carbons (Fsp3) is 0.389. The zero-order valence-electron chi connectivity index (χ0n) is 12.8. The molecule has 1 N–H and O–H groups in total. The molecule has 2 atom stereocenters. The molecule has 0 bridgehead atoms. The van der Waals surface area contributed by atoms with Gasteiger partial charge >= 0.3 is 0 Å². The summed E-state index contributed by atoms with van der Waals surface area (Å²) in [5, 5.41) is 3.42. The molecule has 2 aromatic rings. The van der Waals surface area contributed by atoms with Crippen LogP contribution in [0.2, 0.25) is 0 Å². The highest BCUT2D eigenvalue weighted by molar-refractivity contribution is 5.94. The van der Waals surface area contributed by atoms with Gasteiger partial charge in [-0.25, -0.2) is 0 Å². The third kappa shape index (κ3) is 2.15. The van der Waals surface area contributed by atoms with E-state index in [4.69, 9.17) is 0 Å². The summed E-state index contributed by atoms with van der Waals surface area (Å²) < 4.78 is 2.02. The third-order valence-corrected chi connectivity index (χ3v) is 5.09. The Morgan fingerprint density at radius 2 is 1.73 bits per heavy atom. The van der Waals surface area contributed by atoms with E-state index in [1.807, 2.05) is 46.8 Å². The van der Waals surface area contributed by atoms with Gasteiger partial charge in [0.05, 0.1) is 0 Å². The SMILES string of the molecule is Cn1c(C(=O)N2C[C@H]3CNC[C@H]3C2)ccc1-c1ccccc1. The number of aromatic nitrogens is 1. The molecule has 4 heteroatoms. The van der Waals surface area contributed by atoms with Gasteiger partial charge in [-0.15, -0.1) is 0 Å². The Morgan fingerprint density at radius 3 is 2.41 bits per heavy atom. The molecule has 1 amide bonds. The number of hydrogen-bond acceptors (Lipinski definition) is 2. The van der Waals surface area contributed by atoms with E-state index in [1.54, 1.807) is 0 Å². The van der Waals surface area contributed by atoms with Crippen molar-refractivity contribution in [3.05, 3.63) is 48.2 Å².